The van der Waals surface area contributed by atoms with Crippen LogP contribution in [0, 0.1) is 19.7 Å². The van der Waals surface area contributed by atoms with E-state index in [4.69, 9.17) is 0 Å². The third-order valence-corrected chi connectivity index (χ3v) is 3.92. The Morgan fingerprint density at radius 1 is 1.08 bits per heavy atom. The normalized spacial score (nSPS) is 10.3. The molecule has 0 spiro atoms. The van der Waals surface area contributed by atoms with E-state index < -0.39 is 11.7 Å². The van der Waals surface area contributed by atoms with E-state index in [1.807, 2.05) is 32.0 Å². The molecule has 2 rings (SSSR count). The van der Waals surface area contributed by atoms with E-state index in [9.17, 15) is 14.0 Å². The first-order chi connectivity index (χ1) is 11.4. The Balaban J connectivity index is 2.02. The Morgan fingerprint density at radius 3 is 2.42 bits per heavy atom. The zero-order valence-electron chi connectivity index (χ0n) is 14.1. The summed E-state index contributed by atoms with van der Waals surface area (Å²) in [6.45, 7) is 6.02. The Bertz CT molecular complexity index is 759. The molecule has 0 atom stereocenters. The largest absolute Gasteiger partial charge is 0.350 e. The van der Waals surface area contributed by atoms with Gasteiger partial charge < -0.3 is 10.2 Å². The lowest BCUT2D eigenvalue weighted by Gasteiger charge is -2.22. The van der Waals surface area contributed by atoms with Gasteiger partial charge in [0.1, 0.15) is 5.82 Å². The van der Waals surface area contributed by atoms with Gasteiger partial charge in [0.2, 0.25) is 5.91 Å². The van der Waals surface area contributed by atoms with Crippen molar-refractivity contribution in [3.05, 3.63) is 65.0 Å². The molecule has 24 heavy (non-hydrogen) atoms. The van der Waals surface area contributed by atoms with Gasteiger partial charge in [-0.25, -0.2) is 4.39 Å². The van der Waals surface area contributed by atoms with Crippen molar-refractivity contribution < 1.29 is 14.0 Å². The SMILES string of the molecule is CC(=O)N(CCNC(=O)c1ccccc1F)c1ccc(C)c(C)c1. The van der Waals surface area contributed by atoms with Crippen molar-refractivity contribution in [1.82, 2.24) is 5.32 Å². The van der Waals surface area contributed by atoms with E-state index >= 15 is 0 Å². The summed E-state index contributed by atoms with van der Waals surface area (Å²) in [5.74, 6) is -1.16. The van der Waals surface area contributed by atoms with Gasteiger partial charge in [0, 0.05) is 25.7 Å². The fourth-order valence-electron chi connectivity index (χ4n) is 2.38. The quantitative estimate of drug-likeness (QED) is 0.916. The third kappa shape index (κ3) is 4.19. The summed E-state index contributed by atoms with van der Waals surface area (Å²) in [5, 5.41) is 2.65. The maximum absolute atomic E-state index is 13.6. The monoisotopic (exact) mass is 328 g/mol. The van der Waals surface area contributed by atoms with Gasteiger partial charge >= 0.3 is 0 Å². The Morgan fingerprint density at radius 2 is 1.79 bits per heavy atom. The predicted molar refractivity (Wildman–Crippen MR) is 92.7 cm³/mol. The topological polar surface area (TPSA) is 49.4 Å². The van der Waals surface area contributed by atoms with E-state index in [-0.39, 0.29) is 18.0 Å². The smallest absolute Gasteiger partial charge is 0.254 e. The number of benzene rings is 2. The molecule has 2 aromatic carbocycles. The molecule has 0 aliphatic rings. The number of carbonyl (C=O) groups excluding carboxylic acids is 2. The van der Waals surface area contributed by atoms with E-state index in [2.05, 4.69) is 5.32 Å². The molecule has 2 amide bonds. The number of amides is 2. The first-order valence-electron chi connectivity index (χ1n) is 7.78. The van der Waals surface area contributed by atoms with Gasteiger partial charge in [-0.1, -0.05) is 18.2 Å². The van der Waals surface area contributed by atoms with Crippen LogP contribution in [0.2, 0.25) is 0 Å². The molecule has 5 heteroatoms. The zero-order chi connectivity index (χ0) is 17.7. The van der Waals surface area contributed by atoms with Crippen molar-refractivity contribution in [2.75, 3.05) is 18.0 Å². The number of hydrogen-bond donors (Lipinski definition) is 1. The highest BCUT2D eigenvalue weighted by Crippen LogP contribution is 2.18. The summed E-state index contributed by atoms with van der Waals surface area (Å²) >= 11 is 0. The third-order valence-electron chi connectivity index (χ3n) is 3.92. The standard InChI is InChI=1S/C19H21FN2O2/c1-13-8-9-16(12-14(13)2)22(15(3)23)11-10-21-19(24)17-6-4-5-7-18(17)20/h4-9,12H,10-11H2,1-3H3,(H,21,24). The minimum absolute atomic E-state index is 0.00180. The second kappa shape index (κ2) is 7.73. The maximum Gasteiger partial charge on any atom is 0.254 e. The first-order valence-corrected chi connectivity index (χ1v) is 7.78. The molecule has 0 aliphatic heterocycles. The fourth-order valence-corrected chi connectivity index (χ4v) is 2.38. The second-order valence-electron chi connectivity index (χ2n) is 5.67. The molecule has 126 valence electrons. The van der Waals surface area contributed by atoms with Crippen LogP contribution >= 0.6 is 0 Å². The number of nitrogens with one attached hydrogen (secondary N) is 1. The lowest BCUT2D eigenvalue weighted by Crippen LogP contribution is -2.37. The maximum atomic E-state index is 13.6. The van der Waals surface area contributed by atoms with Crippen molar-refractivity contribution in [2.24, 2.45) is 0 Å². The minimum Gasteiger partial charge on any atom is -0.350 e. The highest BCUT2D eigenvalue weighted by Gasteiger charge is 2.14. The van der Waals surface area contributed by atoms with Gasteiger partial charge in [-0.15, -0.1) is 0 Å². The van der Waals surface area contributed by atoms with Crippen LogP contribution in [0.3, 0.4) is 0 Å². The average Bonchev–Trinajstić information content (AvgIpc) is 2.54. The van der Waals surface area contributed by atoms with Crippen LogP contribution in [0.1, 0.15) is 28.4 Å². The van der Waals surface area contributed by atoms with Gasteiger partial charge in [0.15, 0.2) is 0 Å². The summed E-state index contributed by atoms with van der Waals surface area (Å²) in [5.41, 5.74) is 3.02. The van der Waals surface area contributed by atoms with Gasteiger partial charge in [-0.2, -0.15) is 0 Å². The van der Waals surface area contributed by atoms with E-state index in [0.29, 0.717) is 6.54 Å². The molecule has 1 N–H and O–H groups in total. The fraction of sp³-hybridized carbons (Fsp3) is 0.263. The van der Waals surface area contributed by atoms with Gasteiger partial charge in [-0.3, -0.25) is 9.59 Å². The second-order valence-corrected chi connectivity index (χ2v) is 5.67. The lowest BCUT2D eigenvalue weighted by molar-refractivity contribution is -0.116. The Hall–Kier alpha value is -2.69. The molecular formula is C19H21FN2O2. The van der Waals surface area contributed by atoms with Crippen LogP contribution in [0.25, 0.3) is 0 Å². The van der Waals surface area contributed by atoms with Crippen LogP contribution in [-0.4, -0.2) is 24.9 Å². The average molecular weight is 328 g/mol. The highest BCUT2D eigenvalue weighted by atomic mass is 19.1. The van der Waals surface area contributed by atoms with Crippen molar-refractivity contribution in [1.29, 1.82) is 0 Å². The van der Waals surface area contributed by atoms with Crippen LogP contribution in [0.15, 0.2) is 42.5 Å². The van der Waals surface area contributed by atoms with Crippen LogP contribution in [0.5, 0.6) is 0 Å². The molecule has 0 bridgehead atoms. The number of carbonyl (C=O) groups is 2. The first kappa shape index (κ1) is 17.7. The minimum atomic E-state index is -0.562. The number of anilines is 1. The number of nitrogens with zero attached hydrogens (tertiary/aromatic N) is 1. The number of aryl methyl sites for hydroxylation is 2. The van der Waals surface area contributed by atoms with Gasteiger partial charge in [0.25, 0.3) is 5.91 Å². The van der Waals surface area contributed by atoms with Crippen LogP contribution < -0.4 is 10.2 Å². The van der Waals surface area contributed by atoms with Crippen LogP contribution in [-0.2, 0) is 4.79 Å². The Labute approximate surface area is 141 Å². The molecule has 0 saturated heterocycles. The molecule has 0 heterocycles. The van der Waals surface area contributed by atoms with Gasteiger partial charge in [-0.05, 0) is 49.2 Å². The van der Waals surface area contributed by atoms with Crippen molar-refractivity contribution in [3.63, 3.8) is 0 Å². The van der Waals surface area contributed by atoms with E-state index in [1.165, 1.54) is 25.1 Å². The molecule has 0 fully saturated rings. The molecular weight excluding hydrogens is 307 g/mol. The summed E-state index contributed by atoms with van der Waals surface area (Å²) < 4.78 is 13.6. The zero-order valence-corrected chi connectivity index (χ0v) is 14.1. The molecule has 0 radical (unpaired) electrons. The lowest BCUT2D eigenvalue weighted by atomic mass is 10.1. The Kier molecular flexibility index (Phi) is 5.68. The van der Waals surface area contributed by atoms with E-state index in [1.54, 1.807) is 11.0 Å². The molecule has 2 aromatic rings. The van der Waals surface area contributed by atoms with E-state index in [0.717, 1.165) is 16.8 Å². The highest BCUT2D eigenvalue weighted by molar-refractivity contribution is 5.95. The van der Waals surface area contributed by atoms with Crippen molar-refractivity contribution in [2.45, 2.75) is 20.8 Å². The molecule has 0 aliphatic carbocycles. The summed E-state index contributed by atoms with van der Waals surface area (Å²) in [4.78, 5) is 25.5. The van der Waals surface area contributed by atoms with Crippen molar-refractivity contribution in [3.8, 4) is 0 Å². The van der Waals surface area contributed by atoms with Crippen LogP contribution in [0.4, 0.5) is 10.1 Å². The summed E-state index contributed by atoms with van der Waals surface area (Å²) in [6, 6.07) is 11.6. The molecule has 0 aromatic heterocycles. The summed E-state index contributed by atoms with van der Waals surface area (Å²) in [6.07, 6.45) is 0. The molecule has 0 saturated carbocycles. The summed E-state index contributed by atoms with van der Waals surface area (Å²) in [7, 11) is 0. The van der Waals surface area contributed by atoms with Crippen molar-refractivity contribution >= 4 is 17.5 Å². The van der Waals surface area contributed by atoms with Gasteiger partial charge in [0.05, 0.1) is 5.56 Å². The number of hydrogen-bond acceptors (Lipinski definition) is 2. The molecule has 0 unspecified atom stereocenters. The number of halogens is 1. The number of rotatable bonds is 5. The molecule has 4 nitrogen and oxygen atoms in total. The predicted octanol–water partition coefficient (Wildman–Crippen LogP) is 3.23.